The maximum Gasteiger partial charge on any atom is 0.0465 e. The molecule has 2 nitrogen and oxygen atoms in total. The fraction of sp³-hybridized carbons (Fsp3) is 1.00. The normalized spacial score (nSPS) is 27.6. The highest BCUT2D eigenvalue weighted by Crippen LogP contribution is 2.17. The van der Waals surface area contributed by atoms with Gasteiger partial charge in [0.1, 0.15) is 0 Å². The van der Waals surface area contributed by atoms with Crippen LogP contribution < -0.4 is 0 Å². The Balaban J connectivity index is 2.06. The van der Waals surface area contributed by atoms with E-state index >= 15 is 0 Å². The second-order valence-corrected chi connectivity index (χ2v) is 3.20. The molecular weight excluding hydrogens is 126 g/mol. The summed E-state index contributed by atoms with van der Waals surface area (Å²) in [6.07, 6.45) is 2.60. The first-order chi connectivity index (χ1) is 4.83. The molecule has 0 amide bonds. The molecule has 1 fully saturated rings. The van der Waals surface area contributed by atoms with E-state index in [4.69, 9.17) is 4.74 Å². The highest BCUT2D eigenvalue weighted by Gasteiger charge is 2.18. The molecule has 1 atom stereocenters. The van der Waals surface area contributed by atoms with Gasteiger partial charge in [0.25, 0.3) is 0 Å². The van der Waals surface area contributed by atoms with Crippen molar-refractivity contribution in [1.29, 1.82) is 0 Å². The van der Waals surface area contributed by atoms with Crippen LogP contribution in [0.15, 0.2) is 0 Å². The zero-order valence-electron chi connectivity index (χ0n) is 6.97. The predicted molar refractivity (Wildman–Crippen MR) is 42.1 cm³/mol. The molecule has 0 aromatic carbocycles. The first-order valence-corrected chi connectivity index (χ1v) is 4.00. The molecule has 1 rings (SSSR count). The molecule has 60 valence electrons. The van der Waals surface area contributed by atoms with Crippen molar-refractivity contribution in [2.24, 2.45) is 5.92 Å². The summed E-state index contributed by atoms with van der Waals surface area (Å²) in [6.45, 7) is 3.47. The van der Waals surface area contributed by atoms with Crippen molar-refractivity contribution in [3.63, 3.8) is 0 Å². The molecule has 10 heavy (non-hydrogen) atoms. The quantitative estimate of drug-likeness (QED) is 0.584. The van der Waals surface area contributed by atoms with Gasteiger partial charge < -0.3 is 9.64 Å². The van der Waals surface area contributed by atoms with E-state index in [0.717, 1.165) is 12.5 Å². The Hall–Kier alpha value is -0.0800. The Kier molecular flexibility index (Phi) is 3.16. The number of ether oxygens (including phenoxy) is 1. The molecule has 0 aromatic rings. The van der Waals surface area contributed by atoms with Gasteiger partial charge in [-0.3, -0.25) is 0 Å². The fourth-order valence-corrected chi connectivity index (χ4v) is 1.55. The van der Waals surface area contributed by atoms with Crippen molar-refractivity contribution in [2.75, 3.05) is 33.9 Å². The molecule has 0 aromatic heterocycles. The maximum absolute atomic E-state index is 5.02. The number of nitrogens with zero attached hydrogens (tertiary/aromatic N) is 1. The topological polar surface area (TPSA) is 12.5 Å². The van der Waals surface area contributed by atoms with E-state index in [9.17, 15) is 0 Å². The van der Waals surface area contributed by atoms with E-state index in [-0.39, 0.29) is 0 Å². The van der Waals surface area contributed by atoms with Crippen molar-refractivity contribution in [1.82, 2.24) is 4.90 Å². The lowest BCUT2D eigenvalue weighted by atomic mass is 10.1. The summed E-state index contributed by atoms with van der Waals surface area (Å²) in [5.41, 5.74) is 0. The van der Waals surface area contributed by atoms with Crippen LogP contribution in [0.1, 0.15) is 12.8 Å². The lowest BCUT2D eigenvalue weighted by Crippen LogP contribution is -2.14. The summed E-state index contributed by atoms with van der Waals surface area (Å²) in [6, 6.07) is 0. The summed E-state index contributed by atoms with van der Waals surface area (Å²) in [4.78, 5) is 2.39. The predicted octanol–water partition coefficient (Wildman–Crippen LogP) is 0.975. The molecule has 1 aliphatic heterocycles. The Morgan fingerprint density at radius 2 is 2.40 bits per heavy atom. The highest BCUT2D eigenvalue weighted by molar-refractivity contribution is 4.72. The van der Waals surface area contributed by atoms with Gasteiger partial charge >= 0.3 is 0 Å². The summed E-state index contributed by atoms with van der Waals surface area (Å²) in [5, 5.41) is 0. The molecule has 0 saturated carbocycles. The molecule has 0 spiro atoms. The third kappa shape index (κ3) is 2.27. The molecule has 2 heteroatoms. The fourth-order valence-electron chi connectivity index (χ4n) is 1.55. The monoisotopic (exact) mass is 143 g/mol. The average molecular weight is 143 g/mol. The molecule has 1 saturated heterocycles. The number of hydrogen-bond acceptors (Lipinski definition) is 2. The van der Waals surface area contributed by atoms with E-state index in [2.05, 4.69) is 11.9 Å². The number of rotatable bonds is 3. The number of methoxy groups -OCH3 is 1. The second kappa shape index (κ2) is 3.94. The van der Waals surface area contributed by atoms with Gasteiger partial charge in [-0.15, -0.1) is 0 Å². The van der Waals surface area contributed by atoms with E-state index in [1.54, 1.807) is 7.11 Å². The minimum atomic E-state index is 0.893. The van der Waals surface area contributed by atoms with E-state index in [1.165, 1.54) is 25.9 Å². The second-order valence-electron chi connectivity index (χ2n) is 3.20. The standard InChI is InChI=1S/C8H17NO/c1-9-5-3-8(7-9)4-6-10-2/h8H,3-7H2,1-2H3. The molecule has 0 aliphatic carbocycles. The lowest BCUT2D eigenvalue weighted by Gasteiger charge is -2.08. The molecular formula is C8H17NO. The first-order valence-electron chi connectivity index (χ1n) is 4.00. The van der Waals surface area contributed by atoms with Gasteiger partial charge in [0.2, 0.25) is 0 Å². The molecule has 0 N–H and O–H groups in total. The average Bonchev–Trinajstić information content (AvgIpc) is 2.31. The Morgan fingerprint density at radius 3 is 2.90 bits per heavy atom. The van der Waals surface area contributed by atoms with Gasteiger partial charge in [0.15, 0.2) is 0 Å². The third-order valence-electron chi connectivity index (χ3n) is 2.22. The van der Waals surface area contributed by atoms with Gasteiger partial charge in [-0.25, -0.2) is 0 Å². The van der Waals surface area contributed by atoms with Crippen LogP contribution in [0.4, 0.5) is 0 Å². The van der Waals surface area contributed by atoms with Crippen molar-refractivity contribution in [3.05, 3.63) is 0 Å². The lowest BCUT2D eigenvalue weighted by molar-refractivity contribution is 0.178. The molecule has 0 radical (unpaired) electrons. The van der Waals surface area contributed by atoms with Crippen molar-refractivity contribution in [3.8, 4) is 0 Å². The van der Waals surface area contributed by atoms with Crippen LogP contribution in [0, 0.1) is 5.92 Å². The van der Waals surface area contributed by atoms with Crippen LogP contribution in [0.5, 0.6) is 0 Å². The summed E-state index contributed by atoms with van der Waals surface area (Å²) >= 11 is 0. The Labute approximate surface area is 63.2 Å². The zero-order valence-corrected chi connectivity index (χ0v) is 6.97. The maximum atomic E-state index is 5.02. The van der Waals surface area contributed by atoms with E-state index in [1.807, 2.05) is 0 Å². The Morgan fingerprint density at radius 1 is 1.60 bits per heavy atom. The smallest absolute Gasteiger partial charge is 0.0465 e. The minimum absolute atomic E-state index is 0.893. The minimum Gasteiger partial charge on any atom is -0.385 e. The number of likely N-dealkylation sites (tertiary alicyclic amines) is 1. The van der Waals surface area contributed by atoms with Gasteiger partial charge in [-0.2, -0.15) is 0 Å². The summed E-state index contributed by atoms with van der Waals surface area (Å²) in [5.74, 6) is 0.893. The van der Waals surface area contributed by atoms with Crippen LogP contribution in [0.2, 0.25) is 0 Å². The van der Waals surface area contributed by atoms with E-state index < -0.39 is 0 Å². The molecule has 1 unspecified atom stereocenters. The van der Waals surface area contributed by atoms with E-state index in [0.29, 0.717) is 0 Å². The first kappa shape index (κ1) is 8.02. The van der Waals surface area contributed by atoms with Gasteiger partial charge in [0, 0.05) is 20.3 Å². The molecule has 0 bridgehead atoms. The highest BCUT2D eigenvalue weighted by atomic mass is 16.5. The van der Waals surface area contributed by atoms with Gasteiger partial charge in [0.05, 0.1) is 0 Å². The third-order valence-corrected chi connectivity index (χ3v) is 2.22. The van der Waals surface area contributed by atoms with Crippen LogP contribution >= 0.6 is 0 Å². The van der Waals surface area contributed by atoms with Crippen LogP contribution in [-0.4, -0.2) is 38.8 Å². The van der Waals surface area contributed by atoms with Gasteiger partial charge in [-0.05, 0) is 32.4 Å². The molecule has 1 heterocycles. The SMILES string of the molecule is COCCC1CCN(C)C1. The summed E-state index contributed by atoms with van der Waals surface area (Å²) < 4.78 is 5.02. The van der Waals surface area contributed by atoms with Crippen molar-refractivity contribution in [2.45, 2.75) is 12.8 Å². The summed E-state index contributed by atoms with van der Waals surface area (Å²) in [7, 11) is 3.96. The van der Waals surface area contributed by atoms with Crippen LogP contribution in [0.3, 0.4) is 0 Å². The largest absolute Gasteiger partial charge is 0.385 e. The van der Waals surface area contributed by atoms with Gasteiger partial charge in [-0.1, -0.05) is 0 Å². The molecule has 1 aliphatic rings. The Bertz CT molecular complexity index is 95.3. The van der Waals surface area contributed by atoms with Crippen molar-refractivity contribution >= 4 is 0 Å². The number of hydrogen-bond donors (Lipinski definition) is 0. The van der Waals surface area contributed by atoms with Crippen molar-refractivity contribution < 1.29 is 4.74 Å². The van der Waals surface area contributed by atoms with Crippen LogP contribution in [0.25, 0.3) is 0 Å². The van der Waals surface area contributed by atoms with Crippen LogP contribution in [-0.2, 0) is 4.74 Å². The zero-order chi connectivity index (χ0) is 7.40.